The van der Waals surface area contributed by atoms with Crippen LogP contribution in [0.2, 0.25) is 0 Å². The van der Waals surface area contributed by atoms with E-state index in [2.05, 4.69) is 0 Å². The molecule has 2 aromatic carbocycles. The number of carbonyl (C=O) groups excluding carboxylic acids is 1. The predicted octanol–water partition coefficient (Wildman–Crippen LogP) is 5.97. The van der Waals surface area contributed by atoms with Gasteiger partial charge in [0, 0.05) is 39.9 Å². The number of nitrogens with zero attached hydrogens (tertiary/aromatic N) is 1. The molecule has 2 aromatic heterocycles. The van der Waals surface area contributed by atoms with Gasteiger partial charge in [0.05, 0.1) is 6.61 Å². The van der Waals surface area contributed by atoms with Gasteiger partial charge >= 0.3 is 5.97 Å². The first-order valence-electron chi connectivity index (χ1n) is 9.74. The molecule has 4 nitrogen and oxygen atoms in total. The van der Waals surface area contributed by atoms with Crippen LogP contribution in [0, 0.1) is 23.3 Å². The van der Waals surface area contributed by atoms with Crippen LogP contribution >= 0.6 is 11.3 Å². The Labute approximate surface area is 189 Å². The van der Waals surface area contributed by atoms with Crippen molar-refractivity contribution < 1.29 is 27.1 Å². The van der Waals surface area contributed by atoms with Crippen LogP contribution in [-0.2, 0) is 4.74 Å². The molecule has 0 aliphatic heterocycles. The molecule has 0 saturated heterocycles. The Morgan fingerprint density at radius 2 is 1.67 bits per heavy atom. The van der Waals surface area contributed by atoms with E-state index in [1.807, 2.05) is 0 Å². The fraction of sp³-hybridized carbons (Fsp3) is 0.0833. The third-order valence-corrected chi connectivity index (χ3v) is 5.95. The van der Waals surface area contributed by atoms with Gasteiger partial charge in [0.25, 0.3) is 5.56 Å². The minimum absolute atomic E-state index is 0.00743. The zero-order valence-corrected chi connectivity index (χ0v) is 17.9. The average Bonchev–Trinajstić information content (AvgIpc) is 3.20. The van der Waals surface area contributed by atoms with E-state index in [9.17, 15) is 27.2 Å². The summed E-state index contributed by atoms with van der Waals surface area (Å²) in [6.07, 6.45) is 1.20. The normalized spacial score (nSPS) is 10.9. The van der Waals surface area contributed by atoms with Gasteiger partial charge in [0.15, 0.2) is 0 Å². The summed E-state index contributed by atoms with van der Waals surface area (Å²) in [5.74, 6) is -4.18. The van der Waals surface area contributed by atoms with Crippen LogP contribution < -0.4 is 5.56 Å². The van der Waals surface area contributed by atoms with Crippen LogP contribution in [0.5, 0.6) is 0 Å². The number of thiophene rings is 1. The Morgan fingerprint density at radius 1 is 0.939 bits per heavy atom. The lowest BCUT2D eigenvalue weighted by atomic mass is 10.0. The summed E-state index contributed by atoms with van der Waals surface area (Å²) in [4.78, 5) is 25.2. The second-order valence-corrected chi connectivity index (χ2v) is 7.95. The first-order valence-corrected chi connectivity index (χ1v) is 10.6. The van der Waals surface area contributed by atoms with Gasteiger partial charge < -0.3 is 4.74 Å². The standard InChI is InChI=1S/C24H15F4NO3S/c1-2-32-24(31)20-11-16(15-8-7-14(25)10-19(15)28)23(33-20)13-6-9-21(30)29(12-13)22-17(26)4-3-5-18(22)27/h3-12H,2H2,1H3. The lowest BCUT2D eigenvalue weighted by Gasteiger charge is -2.11. The molecule has 0 N–H and O–H groups in total. The number of aromatic nitrogens is 1. The van der Waals surface area contributed by atoms with Crippen molar-refractivity contribution in [3.8, 4) is 27.3 Å². The summed E-state index contributed by atoms with van der Waals surface area (Å²) in [5.41, 5.74) is -0.732. The van der Waals surface area contributed by atoms with Crippen LogP contribution in [0.1, 0.15) is 16.6 Å². The molecular formula is C24H15F4NO3S. The monoisotopic (exact) mass is 473 g/mol. The largest absolute Gasteiger partial charge is 0.462 e. The molecule has 0 saturated carbocycles. The highest BCUT2D eigenvalue weighted by atomic mass is 32.1. The van der Waals surface area contributed by atoms with Gasteiger partial charge in [-0.15, -0.1) is 11.3 Å². The number of para-hydroxylation sites is 1. The number of benzene rings is 2. The molecule has 2 heterocycles. The number of rotatable bonds is 5. The van der Waals surface area contributed by atoms with Crippen molar-refractivity contribution in [3.63, 3.8) is 0 Å². The first kappa shape index (κ1) is 22.5. The topological polar surface area (TPSA) is 48.3 Å². The van der Waals surface area contributed by atoms with Gasteiger partial charge in [0.2, 0.25) is 0 Å². The summed E-state index contributed by atoms with van der Waals surface area (Å²) in [7, 11) is 0. The van der Waals surface area contributed by atoms with Gasteiger partial charge in [0.1, 0.15) is 33.8 Å². The van der Waals surface area contributed by atoms with E-state index in [4.69, 9.17) is 4.74 Å². The minimum atomic E-state index is -0.947. The molecule has 4 rings (SSSR count). The van der Waals surface area contributed by atoms with Crippen LogP contribution in [-0.4, -0.2) is 17.1 Å². The molecule has 33 heavy (non-hydrogen) atoms. The molecule has 0 atom stereocenters. The highest BCUT2D eigenvalue weighted by Gasteiger charge is 2.22. The van der Waals surface area contributed by atoms with Crippen molar-refractivity contribution in [2.24, 2.45) is 0 Å². The van der Waals surface area contributed by atoms with E-state index >= 15 is 0 Å². The Morgan fingerprint density at radius 3 is 2.33 bits per heavy atom. The number of halogens is 4. The van der Waals surface area contributed by atoms with Crippen LogP contribution in [0.4, 0.5) is 17.6 Å². The number of pyridine rings is 1. The number of ether oxygens (including phenoxy) is 1. The minimum Gasteiger partial charge on any atom is -0.462 e. The van der Waals surface area contributed by atoms with Crippen molar-refractivity contribution in [2.45, 2.75) is 6.92 Å². The molecule has 0 aliphatic rings. The van der Waals surface area contributed by atoms with Crippen LogP contribution in [0.3, 0.4) is 0 Å². The van der Waals surface area contributed by atoms with Crippen molar-refractivity contribution in [3.05, 3.63) is 99.3 Å². The Bertz CT molecular complexity index is 1410. The molecular weight excluding hydrogens is 458 g/mol. The maximum absolute atomic E-state index is 14.6. The molecule has 0 amide bonds. The van der Waals surface area contributed by atoms with Gasteiger partial charge in [-0.3, -0.25) is 9.36 Å². The molecule has 9 heteroatoms. The predicted molar refractivity (Wildman–Crippen MR) is 117 cm³/mol. The van der Waals surface area contributed by atoms with Gasteiger partial charge in [-0.25, -0.2) is 22.4 Å². The fourth-order valence-corrected chi connectivity index (χ4v) is 4.39. The highest BCUT2D eigenvalue weighted by molar-refractivity contribution is 7.18. The third kappa shape index (κ3) is 4.31. The molecule has 168 valence electrons. The lowest BCUT2D eigenvalue weighted by molar-refractivity contribution is 0.0532. The molecule has 0 fully saturated rings. The summed E-state index contributed by atoms with van der Waals surface area (Å²) in [6.45, 7) is 1.75. The Balaban J connectivity index is 1.95. The van der Waals surface area contributed by atoms with Crippen molar-refractivity contribution in [1.82, 2.24) is 4.57 Å². The third-order valence-electron chi connectivity index (χ3n) is 4.78. The second-order valence-electron chi connectivity index (χ2n) is 6.89. The smallest absolute Gasteiger partial charge is 0.348 e. The molecule has 0 radical (unpaired) electrons. The summed E-state index contributed by atoms with van der Waals surface area (Å²) >= 11 is 0.949. The quantitative estimate of drug-likeness (QED) is 0.265. The number of carbonyl (C=O) groups is 1. The number of hydrogen-bond acceptors (Lipinski definition) is 4. The van der Waals surface area contributed by atoms with Gasteiger partial charge in [-0.1, -0.05) is 6.07 Å². The van der Waals surface area contributed by atoms with E-state index in [1.54, 1.807) is 6.92 Å². The van der Waals surface area contributed by atoms with Crippen LogP contribution in [0.15, 0.2) is 65.6 Å². The first-order chi connectivity index (χ1) is 15.8. The number of hydrogen-bond donors (Lipinski definition) is 0. The van der Waals surface area contributed by atoms with Gasteiger partial charge in [-0.05, 0) is 43.3 Å². The van der Waals surface area contributed by atoms with Crippen molar-refractivity contribution in [1.29, 1.82) is 0 Å². The fourth-order valence-electron chi connectivity index (χ4n) is 3.33. The maximum atomic E-state index is 14.6. The maximum Gasteiger partial charge on any atom is 0.348 e. The zero-order chi connectivity index (χ0) is 23.7. The van der Waals surface area contributed by atoms with Gasteiger partial charge in [-0.2, -0.15) is 0 Å². The van der Waals surface area contributed by atoms with E-state index in [0.717, 1.165) is 40.2 Å². The van der Waals surface area contributed by atoms with Crippen LogP contribution in [0.25, 0.3) is 27.3 Å². The zero-order valence-electron chi connectivity index (χ0n) is 17.1. The molecule has 0 bridgehead atoms. The Hall–Kier alpha value is -3.72. The van der Waals surface area contributed by atoms with Crippen molar-refractivity contribution >= 4 is 17.3 Å². The molecule has 0 aliphatic carbocycles. The molecule has 4 aromatic rings. The Kier molecular flexibility index (Phi) is 6.15. The lowest BCUT2D eigenvalue weighted by Crippen LogP contribution is -2.19. The molecule has 0 spiro atoms. The van der Waals surface area contributed by atoms with E-state index in [1.165, 1.54) is 30.5 Å². The number of esters is 1. The summed E-state index contributed by atoms with van der Waals surface area (Å²) in [6, 6.07) is 10.1. The van der Waals surface area contributed by atoms with E-state index in [-0.39, 0.29) is 28.2 Å². The van der Waals surface area contributed by atoms with E-state index < -0.39 is 40.5 Å². The molecule has 0 unspecified atom stereocenters. The average molecular weight is 473 g/mol. The second kappa shape index (κ2) is 9.03. The highest BCUT2D eigenvalue weighted by Crippen LogP contribution is 2.40. The van der Waals surface area contributed by atoms with E-state index in [0.29, 0.717) is 10.9 Å². The van der Waals surface area contributed by atoms with Crippen molar-refractivity contribution in [2.75, 3.05) is 6.61 Å². The summed E-state index contributed by atoms with van der Waals surface area (Å²) in [5, 5.41) is 0. The SMILES string of the molecule is CCOC(=O)c1cc(-c2ccc(F)cc2F)c(-c2ccc(=O)n(-c3c(F)cccc3F)c2)s1. The summed E-state index contributed by atoms with van der Waals surface area (Å²) < 4.78 is 62.6.